The third kappa shape index (κ3) is 1.29. The van der Waals surface area contributed by atoms with E-state index >= 15 is 0 Å². The summed E-state index contributed by atoms with van der Waals surface area (Å²) in [6.07, 6.45) is 0. The van der Waals surface area contributed by atoms with Crippen LogP contribution < -0.4 is 0 Å². The molecule has 5 nitrogen and oxygen atoms in total. The number of nitrogens with one attached hydrogen (secondary N) is 1. The highest BCUT2D eigenvalue weighted by molar-refractivity contribution is 6.45. The predicted octanol–water partition coefficient (Wildman–Crippen LogP) is 1.40. The summed E-state index contributed by atoms with van der Waals surface area (Å²) in [7, 11) is 0. The molecule has 1 aromatic carbocycles. The van der Waals surface area contributed by atoms with Crippen molar-refractivity contribution in [1.29, 1.82) is 5.41 Å². The van der Waals surface area contributed by atoms with E-state index in [0.29, 0.717) is 15.4 Å². The highest BCUT2D eigenvalue weighted by Gasteiger charge is 2.48. The lowest BCUT2D eigenvalue weighted by Crippen LogP contribution is -2.44. The minimum atomic E-state index is -1.14. The molecule has 0 atom stereocenters. The smallest absolute Gasteiger partial charge is 0.267 e. The van der Waals surface area contributed by atoms with Crippen LogP contribution in [-0.4, -0.2) is 32.2 Å². The second-order valence-electron chi connectivity index (χ2n) is 4.16. The minimum absolute atomic E-state index is 0.175. The van der Waals surface area contributed by atoms with Gasteiger partial charge < -0.3 is 5.21 Å². The fourth-order valence-corrected chi connectivity index (χ4v) is 1.68. The third-order valence-electron chi connectivity index (χ3n) is 2.70. The molecule has 0 amide bonds. The fraction of sp³-hybridized carbons (Fsp3) is 0.273. The Balaban J connectivity index is 2.58. The molecule has 0 radical (unpaired) electrons. The lowest BCUT2D eigenvalue weighted by atomic mass is 10.1. The van der Waals surface area contributed by atoms with Gasteiger partial charge in [-0.2, -0.15) is 9.80 Å². The summed E-state index contributed by atoms with van der Waals surface area (Å²) >= 11 is 0. The van der Waals surface area contributed by atoms with E-state index in [1.165, 1.54) is 0 Å². The van der Waals surface area contributed by atoms with Crippen LogP contribution in [0.25, 0.3) is 0 Å². The number of nitrogens with zero attached hydrogens (tertiary/aromatic N) is 2. The maximum absolute atomic E-state index is 12.0. The first kappa shape index (κ1) is 10.6. The molecule has 1 heterocycles. The molecule has 1 aromatic rings. The van der Waals surface area contributed by atoms with Gasteiger partial charge in [0.05, 0.1) is 5.56 Å². The van der Waals surface area contributed by atoms with Crippen LogP contribution >= 0.6 is 0 Å². The van der Waals surface area contributed by atoms with E-state index in [1.807, 2.05) is 6.07 Å². The van der Waals surface area contributed by atoms with Crippen molar-refractivity contribution in [2.24, 2.45) is 0 Å². The number of hydrogen-bond acceptors (Lipinski definition) is 3. The molecule has 0 bridgehead atoms. The van der Waals surface area contributed by atoms with Crippen molar-refractivity contribution in [3.63, 3.8) is 0 Å². The van der Waals surface area contributed by atoms with Gasteiger partial charge in [-0.05, 0) is 12.1 Å². The molecular formula is C11H13N3O2. The van der Waals surface area contributed by atoms with Crippen LogP contribution in [0.15, 0.2) is 30.3 Å². The maximum atomic E-state index is 12.0. The highest BCUT2D eigenvalue weighted by Crippen LogP contribution is 2.23. The number of benzene rings is 1. The van der Waals surface area contributed by atoms with Crippen LogP contribution in [0.3, 0.4) is 0 Å². The van der Waals surface area contributed by atoms with Crippen LogP contribution in [0.2, 0.25) is 0 Å². The van der Waals surface area contributed by atoms with E-state index in [2.05, 4.69) is 0 Å². The summed E-state index contributed by atoms with van der Waals surface area (Å²) < 4.78 is 0.657. The van der Waals surface area contributed by atoms with Gasteiger partial charge in [-0.1, -0.05) is 18.2 Å². The number of hydrogen-bond donors (Lipinski definition) is 2. The zero-order chi connectivity index (χ0) is 11.9. The predicted molar refractivity (Wildman–Crippen MR) is 59.6 cm³/mol. The minimum Gasteiger partial charge on any atom is -0.621 e. The van der Waals surface area contributed by atoms with E-state index in [4.69, 9.17) is 5.41 Å². The Labute approximate surface area is 93.3 Å². The maximum Gasteiger partial charge on any atom is 0.267 e. The topological polar surface area (TPSA) is 73.4 Å². The van der Waals surface area contributed by atoms with Gasteiger partial charge in [0.25, 0.3) is 11.4 Å². The molecule has 5 heteroatoms. The quantitative estimate of drug-likeness (QED) is 0.554. The Bertz CT molecular complexity index is 465. The molecule has 0 unspecified atom stereocenters. The van der Waals surface area contributed by atoms with Crippen molar-refractivity contribution in [2.45, 2.75) is 19.5 Å². The molecule has 0 aromatic heterocycles. The molecule has 0 saturated carbocycles. The summed E-state index contributed by atoms with van der Waals surface area (Å²) in [4.78, 5) is 0. The Morgan fingerprint density at radius 2 is 1.88 bits per heavy atom. The monoisotopic (exact) mass is 219 g/mol. The molecule has 2 rings (SSSR count). The molecule has 0 saturated heterocycles. The zero-order valence-corrected chi connectivity index (χ0v) is 9.14. The second kappa shape index (κ2) is 3.31. The average molecular weight is 219 g/mol. The van der Waals surface area contributed by atoms with E-state index in [1.54, 1.807) is 38.1 Å². The van der Waals surface area contributed by atoms with Crippen LogP contribution in [0, 0.1) is 10.6 Å². The zero-order valence-electron chi connectivity index (χ0n) is 9.14. The van der Waals surface area contributed by atoms with Gasteiger partial charge in [0.1, 0.15) is 0 Å². The van der Waals surface area contributed by atoms with E-state index < -0.39 is 5.66 Å². The first-order valence-electron chi connectivity index (χ1n) is 4.94. The van der Waals surface area contributed by atoms with Crippen LogP contribution in [-0.2, 0) is 0 Å². The molecule has 84 valence electrons. The molecule has 2 N–H and O–H groups in total. The number of hydroxylamine groups is 3. The van der Waals surface area contributed by atoms with Crippen molar-refractivity contribution < 1.29 is 9.95 Å². The van der Waals surface area contributed by atoms with Gasteiger partial charge in [-0.15, -0.1) is 0 Å². The Kier molecular flexibility index (Phi) is 2.20. The van der Waals surface area contributed by atoms with E-state index in [0.717, 1.165) is 0 Å². The summed E-state index contributed by atoms with van der Waals surface area (Å²) in [5, 5.41) is 30.1. The van der Waals surface area contributed by atoms with Crippen LogP contribution in [0.4, 0.5) is 0 Å². The van der Waals surface area contributed by atoms with Crippen molar-refractivity contribution in [3.05, 3.63) is 41.1 Å². The number of amidine groups is 1. The van der Waals surface area contributed by atoms with Gasteiger partial charge in [-0.3, -0.25) is 10.6 Å². The molecule has 1 aliphatic rings. The van der Waals surface area contributed by atoms with Gasteiger partial charge in [0.2, 0.25) is 5.84 Å². The molecule has 0 spiro atoms. The fourth-order valence-electron chi connectivity index (χ4n) is 1.68. The van der Waals surface area contributed by atoms with E-state index in [9.17, 15) is 10.4 Å². The van der Waals surface area contributed by atoms with Gasteiger partial charge in [0.15, 0.2) is 0 Å². The Morgan fingerprint density at radius 1 is 1.31 bits per heavy atom. The van der Waals surface area contributed by atoms with Gasteiger partial charge >= 0.3 is 0 Å². The lowest BCUT2D eigenvalue weighted by molar-refractivity contribution is -0.575. The van der Waals surface area contributed by atoms with E-state index in [-0.39, 0.29) is 11.5 Å². The summed E-state index contributed by atoms with van der Waals surface area (Å²) in [6, 6.07) is 8.89. The highest BCUT2D eigenvalue weighted by atomic mass is 16.6. The molecule has 0 aliphatic carbocycles. The summed E-state index contributed by atoms with van der Waals surface area (Å²) in [6.45, 7) is 3.12. The van der Waals surface area contributed by atoms with Crippen LogP contribution in [0.1, 0.15) is 19.4 Å². The van der Waals surface area contributed by atoms with Crippen LogP contribution in [0.5, 0.6) is 0 Å². The average Bonchev–Trinajstić information content (AvgIpc) is 2.42. The largest absolute Gasteiger partial charge is 0.621 e. The molecule has 16 heavy (non-hydrogen) atoms. The standard InChI is InChI=1S/C11H13N3O2/c1-11(2)13(15)9(10(12)14(11)16)8-6-4-3-5-7-8/h3-7,12,16H,1-2H3. The molecule has 0 fully saturated rings. The SMILES string of the molecule is CC1(C)N(O)C(=N)C(c2ccccc2)=[N+]1[O-]. The Hall–Kier alpha value is -1.88. The lowest BCUT2D eigenvalue weighted by Gasteiger charge is -2.23. The van der Waals surface area contributed by atoms with Crippen molar-refractivity contribution in [3.8, 4) is 0 Å². The van der Waals surface area contributed by atoms with Crippen molar-refractivity contribution in [1.82, 2.24) is 5.06 Å². The first-order valence-corrected chi connectivity index (χ1v) is 4.94. The number of rotatable bonds is 1. The summed E-state index contributed by atoms with van der Waals surface area (Å²) in [5.41, 5.74) is -0.317. The second-order valence-corrected chi connectivity index (χ2v) is 4.16. The first-order chi connectivity index (χ1) is 7.46. The normalized spacial score (nSPS) is 19.4. The Morgan fingerprint density at radius 3 is 2.31 bits per heavy atom. The van der Waals surface area contributed by atoms with Gasteiger partial charge in [0, 0.05) is 13.8 Å². The van der Waals surface area contributed by atoms with Crippen molar-refractivity contribution in [2.75, 3.05) is 0 Å². The van der Waals surface area contributed by atoms with Gasteiger partial charge in [-0.25, -0.2) is 0 Å². The summed E-state index contributed by atoms with van der Waals surface area (Å²) in [5.74, 6) is -0.175. The third-order valence-corrected chi connectivity index (χ3v) is 2.70. The van der Waals surface area contributed by atoms with Crippen molar-refractivity contribution >= 4 is 11.5 Å². The molecule has 1 aliphatic heterocycles. The molecular weight excluding hydrogens is 206 g/mol.